The maximum absolute atomic E-state index is 13.3. The number of non-ortho nitro benzene ring substituents is 1. The van der Waals surface area contributed by atoms with Crippen molar-refractivity contribution in [3.8, 4) is 11.5 Å². The third-order valence-corrected chi connectivity index (χ3v) is 5.95. The van der Waals surface area contributed by atoms with Gasteiger partial charge in [0.05, 0.1) is 36.3 Å². The van der Waals surface area contributed by atoms with Crippen LogP contribution in [0.1, 0.15) is 36.6 Å². The topological polar surface area (TPSA) is 119 Å². The minimum absolute atomic E-state index is 0.0280. The molecule has 1 unspecified atom stereocenters. The van der Waals surface area contributed by atoms with Gasteiger partial charge in [0.25, 0.3) is 17.4 Å². The Labute approximate surface area is 213 Å². The molecule has 0 aromatic heterocycles. The first-order valence-electron chi connectivity index (χ1n) is 11.6. The summed E-state index contributed by atoms with van der Waals surface area (Å²) in [5.74, 6) is -1.12. The van der Waals surface area contributed by atoms with Crippen molar-refractivity contribution in [3.63, 3.8) is 0 Å². The number of aliphatic hydroxyl groups excluding tert-OH is 1. The third-order valence-electron chi connectivity index (χ3n) is 5.95. The van der Waals surface area contributed by atoms with E-state index in [2.05, 4.69) is 0 Å². The number of likely N-dealkylation sites (tertiary alicyclic amines) is 1. The number of nitrogens with zero attached hydrogens (tertiary/aromatic N) is 2. The molecule has 1 aliphatic rings. The van der Waals surface area contributed by atoms with Crippen LogP contribution in [0, 0.1) is 10.1 Å². The van der Waals surface area contributed by atoms with Crippen LogP contribution in [0.5, 0.6) is 11.5 Å². The van der Waals surface area contributed by atoms with Gasteiger partial charge in [-0.1, -0.05) is 42.5 Å². The number of carbonyl (C=O) groups is 2. The Morgan fingerprint density at radius 2 is 1.78 bits per heavy atom. The molecule has 0 bridgehead atoms. The van der Waals surface area contributed by atoms with Crippen LogP contribution >= 0.6 is 0 Å². The number of rotatable bonds is 8. The number of ketones is 1. The van der Waals surface area contributed by atoms with Gasteiger partial charge >= 0.3 is 0 Å². The quantitative estimate of drug-likeness (QED) is 0.151. The molecule has 4 rings (SSSR count). The number of Topliss-reactive ketones (excluding diaryl/α,β-unsaturated/α-hetero) is 1. The van der Waals surface area contributed by atoms with Gasteiger partial charge in [0.1, 0.15) is 17.3 Å². The lowest BCUT2D eigenvalue weighted by Crippen LogP contribution is -2.29. The van der Waals surface area contributed by atoms with Gasteiger partial charge in [-0.25, -0.2) is 0 Å². The Morgan fingerprint density at radius 1 is 1.05 bits per heavy atom. The fourth-order valence-electron chi connectivity index (χ4n) is 4.36. The number of aliphatic hydroxyl groups is 1. The SMILES string of the molecule is COc1ccccc1CN1C(=O)C(=O)/C(=C(\O)c2cccc([N+](=O)[O-])c2)C1c1cccc(OC(C)C)c1. The van der Waals surface area contributed by atoms with Crippen molar-refractivity contribution in [2.45, 2.75) is 32.5 Å². The van der Waals surface area contributed by atoms with Crippen LogP contribution in [0.15, 0.2) is 78.4 Å². The maximum Gasteiger partial charge on any atom is 0.295 e. The molecule has 1 fully saturated rings. The highest BCUT2D eigenvalue weighted by molar-refractivity contribution is 6.46. The maximum atomic E-state index is 13.3. The highest BCUT2D eigenvalue weighted by atomic mass is 16.6. The van der Waals surface area contributed by atoms with E-state index in [9.17, 15) is 24.8 Å². The van der Waals surface area contributed by atoms with Gasteiger partial charge < -0.3 is 19.5 Å². The molecule has 0 saturated carbocycles. The molecule has 1 heterocycles. The summed E-state index contributed by atoms with van der Waals surface area (Å²) in [4.78, 5) is 38.7. The van der Waals surface area contributed by atoms with Crippen LogP contribution in [-0.2, 0) is 16.1 Å². The first-order chi connectivity index (χ1) is 17.7. The molecule has 3 aromatic carbocycles. The number of benzene rings is 3. The second-order valence-electron chi connectivity index (χ2n) is 8.79. The molecule has 1 saturated heterocycles. The zero-order chi connectivity index (χ0) is 26.7. The van der Waals surface area contributed by atoms with E-state index in [0.717, 1.165) is 0 Å². The van der Waals surface area contributed by atoms with Gasteiger partial charge in [0.2, 0.25) is 0 Å². The lowest BCUT2D eigenvalue weighted by molar-refractivity contribution is -0.384. The average molecular weight is 503 g/mol. The van der Waals surface area contributed by atoms with Crippen LogP contribution in [-0.4, -0.2) is 39.8 Å². The van der Waals surface area contributed by atoms with E-state index in [-0.39, 0.29) is 29.5 Å². The average Bonchev–Trinajstić information content (AvgIpc) is 3.13. The number of amides is 1. The summed E-state index contributed by atoms with van der Waals surface area (Å²) < 4.78 is 11.3. The zero-order valence-corrected chi connectivity index (χ0v) is 20.6. The summed E-state index contributed by atoms with van der Waals surface area (Å²) in [6, 6.07) is 18.4. The van der Waals surface area contributed by atoms with E-state index in [0.29, 0.717) is 22.6 Å². The Morgan fingerprint density at radius 3 is 2.49 bits per heavy atom. The van der Waals surface area contributed by atoms with Crippen LogP contribution in [0.2, 0.25) is 0 Å². The Hall–Kier alpha value is -4.66. The van der Waals surface area contributed by atoms with Crippen molar-refractivity contribution < 1.29 is 29.1 Å². The summed E-state index contributed by atoms with van der Waals surface area (Å²) >= 11 is 0. The van der Waals surface area contributed by atoms with Gasteiger partial charge in [-0.2, -0.15) is 0 Å². The van der Waals surface area contributed by atoms with Gasteiger partial charge in [0.15, 0.2) is 0 Å². The van der Waals surface area contributed by atoms with Crippen LogP contribution in [0.3, 0.4) is 0 Å². The van der Waals surface area contributed by atoms with E-state index < -0.39 is 28.4 Å². The van der Waals surface area contributed by atoms with Crippen LogP contribution in [0.25, 0.3) is 5.76 Å². The minimum atomic E-state index is -0.972. The Bertz CT molecular complexity index is 1400. The standard InChI is InChI=1S/C28H26N2O7/c1-17(2)37-22-12-7-9-18(15-22)25-24(26(31)19-10-6-11-21(14-19)30(34)35)27(32)28(33)29(25)16-20-8-4-5-13-23(20)36-3/h4-15,17,25,31H,16H2,1-3H3/b26-24-. The lowest BCUT2D eigenvalue weighted by Gasteiger charge is -2.26. The zero-order valence-electron chi connectivity index (χ0n) is 20.6. The summed E-state index contributed by atoms with van der Waals surface area (Å²) in [5, 5.41) is 22.5. The third kappa shape index (κ3) is 5.16. The van der Waals surface area contributed by atoms with E-state index >= 15 is 0 Å². The highest BCUT2D eigenvalue weighted by Crippen LogP contribution is 2.42. The second-order valence-corrected chi connectivity index (χ2v) is 8.79. The minimum Gasteiger partial charge on any atom is -0.507 e. The smallest absolute Gasteiger partial charge is 0.295 e. The molecule has 37 heavy (non-hydrogen) atoms. The molecule has 0 aliphatic carbocycles. The first kappa shape index (κ1) is 25.4. The van der Waals surface area contributed by atoms with Crippen molar-refractivity contribution >= 4 is 23.1 Å². The molecule has 1 amide bonds. The van der Waals surface area contributed by atoms with Gasteiger partial charge in [-0.3, -0.25) is 19.7 Å². The number of ether oxygens (including phenoxy) is 2. The van der Waals surface area contributed by atoms with Gasteiger partial charge in [-0.05, 0) is 37.6 Å². The molecule has 0 spiro atoms. The largest absolute Gasteiger partial charge is 0.507 e. The molecule has 3 aromatic rings. The molecule has 1 N–H and O–H groups in total. The Balaban J connectivity index is 1.89. The van der Waals surface area contributed by atoms with Crippen molar-refractivity contribution in [1.29, 1.82) is 0 Å². The van der Waals surface area contributed by atoms with Crippen LogP contribution in [0.4, 0.5) is 5.69 Å². The van der Waals surface area contributed by atoms with E-state index in [4.69, 9.17) is 9.47 Å². The number of nitro benzene ring substituents is 1. The van der Waals surface area contributed by atoms with Gasteiger partial charge in [-0.15, -0.1) is 0 Å². The molecule has 1 atom stereocenters. The lowest BCUT2D eigenvalue weighted by atomic mass is 9.94. The number of carbonyl (C=O) groups excluding carboxylic acids is 2. The normalized spacial score (nSPS) is 16.8. The van der Waals surface area contributed by atoms with Crippen molar-refractivity contribution in [2.24, 2.45) is 0 Å². The summed E-state index contributed by atoms with van der Waals surface area (Å²) in [7, 11) is 1.51. The fourth-order valence-corrected chi connectivity index (χ4v) is 4.36. The highest BCUT2D eigenvalue weighted by Gasteiger charge is 2.46. The number of hydrogen-bond donors (Lipinski definition) is 1. The fraction of sp³-hybridized carbons (Fsp3) is 0.214. The van der Waals surface area contributed by atoms with E-state index in [1.54, 1.807) is 48.5 Å². The van der Waals surface area contributed by atoms with E-state index in [1.807, 2.05) is 13.8 Å². The van der Waals surface area contributed by atoms with E-state index in [1.165, 1.54) is 36.3 Å². The predicted molar refractivity (Wildman–Crippen MR) is 136 cm³/mol. The van der Waals surface area contributed by atoms with Gasteiger partial charge in [0, 0.05) is 23.3 Å². The second kappa shape index (κ2) is 10.5. The molecular formula is C28H26N2O7. The molecule has 0 radical (unpaired) electrons. The molecular weight excluding hydrogens is 476 g/mol. The molecule has 9 heteroatoms. The summed E-state index contributed by atoms with van der Waals surface area (Å²) in [6.07, 6.45) is -0.111. The molecule has 1 aliphatic heterocycles. The van der Waals surface area contributed by atoms with Crippen molar-refractivity contribution in [2.75, 3.05) is 7.11 Å². The predicted octanol–water partition coefficient (Wildman–Crippen LogP) is 5.01. The number of nitro groups is 1. The number of hydrogen-bond acceptors (Lipinski definition) is 7. The number of methoxy groups -OCH3 is 1. The number of para-hydroxylation sites is 1. The Kier molecular flexibility index (Phi) is 7.24. The van der Waals surface area contributed by atoms with Crippen LogP contribution < -0.4 is 9.47 Å². The monoisotopic (exact) mass is 502 g/mol. The summed E-state index contributed by atoms with van der Waals surface area (Å²) in [6.45, 7) is 3.78. The molecule has 190 valence electrons. The van der Waals surface area contributed by atoms with Crippen molar-refractivity contribution in [3.05, 3.63) is 105 Å². The first-order valence-corrected chi connectivity index (χ1v) is 11.6. The van der Waals surface area contributed by atoms with Crippen molar-refractivity contribution in [1.82, 2.24) is 4.90 Å². The summed E-state index contributed by atoms with van der Waals surface area (Å²) in [5.41, 5.74) is 0.850. The molecule has 9 nitrogen and oxygen atoms in total.